The summed E-state index contributed by atoms with van der Waals surface area (Å²) in [5.74, 6) is 0.266. The van der Waals surface area contributed by atoms with Gasteiger partial charge in [-0.3, -0.25) is 0 Å². The van der Waals surface area contributed by atoms with E-state index in [1.807, 2.05) is 60.7 Å². The van der Waals surface area contributed by atoms with Gasteiger partial charge in [-0.25, -0.2) is 18.4 Å². The van der Waals surface area contributed by atoms with Crippen LogP contribution in [0.5, 0.6) is 17.2 Å². The van der Waals surface area contributed by atoms with Gasteiger partial charge >= 0.3 is 5.97 Å². The predicted molar refractivity (Wildman–Crippen MR) is 145 cm³/mol. The Balaban J connectivity index is 1.64. The maximum Gasteiger partial charge on any atom is 0.338 e. The van der Waals surface area contributed by atoms with E-state index in [4.69, 9.17) is 19.3 Å². The van der Waals surface area contributed by atoms with Crippen LogP contribution in [-0.2, 0) is 27.9 Å². The average molecular weight is 533 g/mol. The average Bonchev–Trinajstić information content (AvgIpc) is 2.92. The van der Waals surface area contributed by atoms with Gasteiger partial charge in [0, 0.05) is 6.54 Å². The van der Waals surface area contributed by atoms with Gasteiger partial charge in [0.05, 0.1) is 17.9 Å². The maximum absolute atomic E-state index is 12.6. The third-order valence-electron chi connectivity index (χ3n) is 5.49. The predicted octanol–water partition coefficient (Wildman–Crippen LogP) is 5.49. The highest BCUT2D eigenvalue weighted by Gasteiger charge is 2.24. The first-order valence-electron chi connectivity index (χ1n) is 11.9. The Morgan fingerprint density at radius 3 is 2.05 bits per heavy atom. The summed E-state index contributed by atoms with van der Waals surface area (Å²) < 4.78 is 42.1. The molecule has 0 aliphatic carbocycles. The summed E-state index contributed by atoms with van der Waals surface area (Å²) in [6.45, 7) is 2.55. The zero-order valence-corrected chi connectivity index (χ0v) is 21.6. The molecule has 0 aliphatic heterocycles. The summed E-state index contributed by atoms with van der Waals surface area (Å²) >= 11 is 0. The van der Waals surface area contributed by atoms with Gasteiger partial charge < -0.3 is 19.5 Å². The lowest BCUT2D eigenvalue weighted by Gasteiger charge is -2.18. The molecule has 0 saturated heterocycles. The van der Waals surface area contributed by atoms with Crippen molar-refractivity contribution in [3.05, 3.63) is 114 Å². The Bertz CT molecular complexity index is 1480. The topological polar surface area (TPSA) is 117 Å². The van der Waals surface area contributed by atoms with E-state index in [-0.39, 0.29) is 28.5 Å². The number of primary sulfonamides is 1. The van der Waals surface area contributed by atoms with Crippen molar-refractivity contribution in [2.45, 2.75) is 25.0 Å². The van der Waals surface area contributed by atoms with Crippen LogP contribution in [0.15, 0.2) is 102 Å². The lowest BCUT2D eigenvalue weighted by atomic mass is 10.1. The first kappa shape index (κ1) is 26.7. The Hall–Kier alpha value is -4.34. The van der Waals surface area contributed by atoms with Crippen molar-refractivity contribution in [1.82, 2.24) is 0 Å². The SMILES string of the molecule is CCOC(=O)c1cc(NCc2ccccc2)c(Oc2ccc(OCc3ccccc3)cc2)c(S(N)(=O)=O)c1. The minimum Gasteiger partial charge on any atom is -0.489 e. The highest BCUT2D eigenvalue weighted by molar-refractivity contribution is 7.89. The second-order valence-electron chi connectivity index (χ2n) is 8.30. The molecule has 4 aromatic carbocycles. The van der Waals surface area contributed by atoms with E-state index in [9.17, 15) is 13.2 Å². The van der Waals surface area contributed by atoms with Gasteiger partial charge in [-0.2, -0.15) is 0 Å². The number of rotatable bonds is 11. The Morgan fingerprint density at radius 1 is 0.842 bits per heavy atom. The van der Waals surface area contributed by atoms with E-state index in [1.165, 1.54) is 6.07 Å². The third-order valence-corrected chi connectivity index (χ3v) is 6.41. The van der Waals surface area contributed by atoms with Crippen LogP contribution in [-0.4, -0.2) is 21.0 Å². The van der Waals surface area contributed by atoms with Gasteiger partial charge in [0.1, 0.15) is 23.0 Å². The molecule has 196 valence electrons. The second kappa shape index (κ2) is 12.3. The van der Waals surface area contributed by atoms with Crippen LogP contribution in [0.1, 0.15) is 28.4 Å². The molecule has 0 aliphatic rings. The second-order valence-corrected chi connectivity index (χ2v) is 9.83. The van der Waals surface area contributed by atoms with Crippen molar-refractivity contribution in [2.75, 3.05) is 11.9 Å². The molecule has 0 unspecified atom stereocenters. The molecule has 0 amide bonds. The van der Waals surface area contributed by atoms with Crippen LogP contribution >= 0.6 is 0 Å². The number of benzene rings is 4. The molecule has 0 saturated carbocycles. The Kier molecular flexibility index (Phi) is 8.62. The maximum atomic E-state index is 12.6. The molecular formula is C29H28N2O6S. The molecular weight excluding hydrogens is 504 g/mol. The molecule has 38 heavy (non-hydrogen) atoms. The van der Waals surface area contributed by atoms with Crippen LogP contribution in [0, 0.1) is 0 Å². The van der Waals surface area contributed by atoms with Crippen molar-refractivity contribution in [3.8, 4) is 17.2 Å². The lowest BCUT2D eigenvalue weighted by molar-refractivity contribution is 0.0526. The van der Waals surface area contributed by atoms with Crippen LogP contribution in [0.2, 0.25) is 0 Å². The number of carbonyl (C=O) groups excluding carboxylic acids is 1. The monoisotopic (exact) mass is 532 g/mol. The molecule has 8 nitrogen and oxygen atoms in total. The van der Waals surface area contributed by atoms with Gasteiger partial charge in [0.25, 0.3) is 0 Å². The third kappa shape index (κ3) is 7.12. The first-order chi connectivity index (χ1) is 18.3. The van der Waals surface area contributed by atoms with Crippen LogP contribution in [0.4, 0.5) is 5.69 Å². The number of sulfonamides is 1. The fraction of sp³-hybridized carbons (Fsp3) is 0.138. The summed E-state index contributed by atoms with van der Waals surface area (Å²) in [5.41, 5.74) is 2.27. The molecule has 3 N–H and O–H groups in total. The fourth-order valence-corrected chi connectivity index (χ4v) is 4.34. The van der Waals surface area contributed by atoms with Crippen LogP contribution in [0.3, 0.4) is 0 Å². The fourth-order valence-electron chi connectivity index (χ4n) is 3.64. The molecule has 0 heterocycles. The largest absolute Gasteiger partial charge is 0.489 e. The molecule has 4 rings (SSSR count). The normalized spacial score (nSPS) is 11.0. The number of nitrogens with two attached hydrogens (primary N) is 1. The highest BCUT2D eigenvalue weighted by Crippen LogP contribution is 2.38. The Morgan fingerprint density at radius 2 is 1.45 bits per heavy atom. The summed E-state index contributed by atoms with van der Waals surface area (Å²) in [6, 6.07) is 28.7. The first-order valence-corrected chi connectivity index (χ1v) is 13.5. The molecule has 4 aromatic rings. The molecule has 0 spiro atoms. The van der Waals surface area contributed by atoms with Gasteiger partial charge in [-0.1, -0.05) is 60.7 Å². The van der Waals surface area contributed by atoms with Crippen molar-refractivity contribution < 1.29 is 27.4 Å². The van der Waals surface area contributed by atoms with E-state index in [2.05, 4.69) is 5.32 Å². The lowest BCUT2D eigenvalue weighted by Crippen LogP contribution is -2.16. The van der Waals surface area contributed by atoms with Crippen molar-refractivity contribution >= 4 is 21.7 Å². The molecule has 0 fully saturated rings. The van der Waals surface area contributed by atoms with Crippen molar-refractivity contribution in [1.29, 1.82) is 0 Å². The van der Waals surface area contributed by atoms with E-state index in [0.29, 0.717) is 24.7 Å². The summed E-state index contributed by atoms with van der Waals surface area (Å²) in [6.07, 6.45) is 0. The number of anilines is 1. The Labute approximate surface area is 222 Å². The van der Waals surface area contributed by atoms with Gasteiger partial charge in [-0.15, -0.1) is 0 Å². The smallest absolute Gasteiger partial charge is 0.338 e. The molecule has 0 radical (unpaired) electrons. The summed E-state index contributed by atoms with van der Waals surface area (Å²) in [5, 5.41) is 8.71. The minimum absolute atomic E-state index is 0.0310. The number of esters is 1. The molecule has 0 bridgehead atoms. The van der Waals surface area contributed by atoms with Gasteiger partial charge in [0.15, 0.2) is 5.75 Å². The number of ether oxygens (including phenoxy) is 3. The minimum atomic E-state index is -4.27. The summed E-state index contributed by atoms with van der Waals surface area (Å²) in [4.78, 5) is 12.1. The van der Waals surface area contributed by atoms with E-state index in [0.717, 1.165) is 17.2 Å². The standard InChI is InChI=1S/C29H28N2O6S/c1-2-35-29(32)23-17-26(31-19-21-9-5-3-6-10-21)28(27(18-23)38(30,33)34)37-25-15-13-24(14-16-25)36-20-22-11-7-4-8-12-22/h3-18,31H,2,19-20H2,1H3,(H2,30,33,34). The van der Waals surface area contributed by atoms with Crippen LogP contribution < -0.4 is 19.9 Å². The highest BCUT2D eigenvalue weighted by atomic mass is 32.2. The molecule has 0 atom stereocenters. The van der Waals surface area contributed by atoms with E-state index < -0.39 is 16.0 Å². The van der Waals surface area contributed by atoms with Crippen molar-refractivity contribution in [3.63, 3.8) is 0 Å². The van der Waals surface area contributed by atoms with Gasteiger partial charge in [0.2, 0.25) is 10.0 Å². The quantitative estimate of drug-likeness (QED) is 0.245. The van der Waals surface area contributed by atoms with Crippen LogP contribution in [0.25, 0.3) is 0 Å². The number of hydrogen-bond acceptors (Lipinski definition) is 7. The van der Waals surface area contributed by atoms with E-state index in [1.54, 1.807) is 31.2 Å². The zero-order valence-electron chi connectivity index (χ0n) is 20.8. The molecule has 0 aromatic heterocycles. The molecule has 9 heteroatoms. The number of hydrogen-bond donors (Lipinski definition) is 2. The van der Waals surface area contributed by atoms with Gasteiger partial charge in [-0.05, 0) is 54.4 Å². The number of carbonyl (C=O) groups is 1. The number of nitrogens with one attached hydrogen (secondary N) is 1. The van der Waals surface area contributed by atoms with E-state index >= 15 is 0 Å². The zero-order chi connectivity index (χ0) is 27.0. The summed E-state index contributed by atoms with van der Waals surface area (Å²) in [7, 11) is -4.27. The van der Waals surface area contributed by atoms with Crippen molar-refractivity contribution in [2.24, 2.45) is 5.14 Å².